The molecule has 0 unspecified atom stereocenters. The summed E-state index contributed by atoms with van der Waals surface area (Å²) in [6.07, 6.45) is 1.13. The van der Waals surface area contributed by atoms with Crippen LogP contribution in [0.1, 0.15) is 20.3 Å². The van der Waals surface area contributed by atoms with Gasteiger partial charge < -0.3 is 20.1 Å². The van der Waals surface area contributed by atoms with E-state index in [1.807, 2.05) is 12.1 Å². The fourth-order valence-corrected chi connectivity index (χ4v) is 3.32. The fraction of sp³-hybridized carbons (Fsp3) is 0.667. The van der Waals surface area contributed by atoms with Crippen LogP contribution in [-0.2, 0) is 0 Å². The molecule has 1 saturated heterocycles. The predicted octanol–water partition coefficient (Wildman–Crippen LogP) is 2.61. The van der Waals surface area contributed by atoms with E-state index in [0.29, 0.717) is 18.2 Å². The van der Waals surface area contributed by atoms with Crippen LogP contribution < -0.4 is 20.1 Å². The summed E-state index contributed by atoms with van der Waals surface area (Å²) in [6.45, 7) is 11.5. The number of rotatable bonds is 5. The molecule has 6 heteroatoms. The molecular formula is C18H28ClN3O2. The minimum Gasteiger partial charge on any atom is -0.486 e. The molecule has 24 heavy (non-hydrogen) atoms. The summed E-state index contributed by atoms with van der Waals surface area (Å²) in [5.74, 6) is 1.60. The van der Waals surface area contributed by atoms with Crippen molar-refractivity contribution in [3.05, 3.63) is 17.2 Å². The van der Waals surface area contributed by atoms with Gasteiger partial charge in [0.15, 0.2) is 11.5 Å². The molecule has 0 bridgehead atoms. The van der Waals surface area contributed by atoms with Gasteiger partial charge in [0, 0.05) is 37.3 Å². The van der Waals surface area contributed by atoms with E-state index in [1.165, 1.54) is 0 Å². The van der Waals surface area contributed by atoms with Crippen LogP contribution in [0.15, 0.2) is 12.1 Å². The molecule has 3 rings (SSSR count). The van der Waals surface area contributed by atoms with Crippen LogP contribution in [0.5, 0.6) is 11.5 Å². The third-order valence-electron chi connectivity index (χ3n) is 4.96. The van der Waals surface area contributed by atoms with Gasteiger partial charge in [-0.1, -0.05) is 25.4 Å². The normalized spacial score (nSPS) is 18.8. The SMILES string of the molecule is CC(C)(CN)CCN1CCN(c2cc(Cl)cc3c2OCCO3)CC1. The molecule has 2 aliphatic rings. The Morgan fingerprint density at radius 2 is 1.83 bits per heavy atom. The molecule has 1 aromatic carbocycles. The Kier molecular flexibility index (Phi) is 5.42. The molecule has 134 valence electrons. The van der Waals surface area contributed by atoms with Gasteiger partial charge in [0.05, 0.1) is 5.69 Å². The van der Waals surface area contributed by atoms with Crippen LogP contribution in [0.2, 0.25) is 5.02 Å². The van der Waals surface area contributed by atoms with Gasteiger partial charge in [-0.3, -0.25) is 4.90 Å². The average Bonchev–Trinajstić information content (AvgIpc) is 2.60. The summed E-state index contributed by atoms with van der Waals surface area (Å²) < 4.78 is 11.5. The van der Waals surface area contributed by atoms with Gasteiger partial charge in [0.1, 0.15) is 13.2 Å². The Balaban J connectivity index is 1.62. The molecule has 0 spiro atoms. The molecule has 2 N–H and O–H groups in total. The predicted molar refractivity (Wildman–Crippen MR) is 98.5 cm³/mol. The summed E-state index contributed by atoms with van der Waals surface area (Å²) in [5, 5.41) is 0.696. The van der Waals surface area contributed by atoms with E-state index in [4.69, 9.17) is 26.8 Å². The van der Waals surface area contributed by atoms with Crippen molar-refractivity contribution >= 4 is 17.3 Å². The molecule has 0 aromatic heterocycles. The second kappa shape index (κ2) is 7.38. The summed E-state index contributed by atoms with van der Waals surface area (Å²) >= 11 is 6.26. The van der Waals surface area contributed by atoms with E-state index in [1.54, 1.807) is 0 Å². The van der Waals surface area contributed by atoms with Gasteiger partial charge in [-0.25, -0.2) is 0 Å². The zero-order valence-corrected chi connectivity index (χ0v) is 15.4. The Morgan fingerprint density at radius 3 is 2.54 bits per heavy atom. The van der Waals surface area contributed by atoms with Crippen LogP contribution in [0, 0.1) is 5.41 Å². The topological polar surface area (TPSA) is 51.0 Å². The van der Waals surface area contributed by atoms with Gasteiger partial charge in [0.25, 0.3) is 0 Å². The number of hydrogen-bond donors (Lipinski definition) is 1. The van der Waals surface area contributed by atoms with Crippen LogP contribution in [0.25, 0.3) is 0 Å². The first-order valence-electron chi connectivity index (χ1n) is 8.75. The Morgan fingerprint density at radius 1 is 1.12 bits per heavy atom. The molecule has 2 aliphatic heterocycles. The summed E-state index contributed by atoms with van der Waals surface area (Å²) in [4.78, 5) is 4.87. The van der Waals surface area contributed by atoms with Crippen LogP contribution in [0.3, 0.4) is 0 Å². The molecular weight excluding hydrogens is 326 g/mol. The first-order valence-corrected chi connectivity index (χ1v) is 9.13. The first-order chi connectivity index (χ1) is 11.5. The number of piperazine rings is 1. The van der Waals surface area contributed by atoms with Crippen LogP contribution in [0.4, 0.5) is 5.69 Å². The number of nitrogens with zero attached hydrogens (tertiary/aromatic N) is 2. The highest BCUT2D eigenvalue weighted by Crippen LogP contribution is 2.42. The highest BCUT2D eigenvalue weighted by atomic mass is 35.5. The molecule has 5 nitrogen and oxygen atoms in total. The zero-order chi connectivity index (χ0) is 17.2. The number of benzene rings is 1. The van der Waals surface area contributed by atoms with Gasteiger partial charge in [-0.05, 0) is 31.0 Å². The minimum atomic E-state index is 0.217. The van der Waals surface area contributed by atoms with Crippen molar-refractivity contribution in [2.75, 3.05) is 57.4 Å². The van der Waals surface area contributed by atoms with E-state index in [9.17, 15) is 0 Å². The van der Waals surface area contributed by atoms with Gasteiger partial charge >= 0.3 is 0 Å². The van der Waals surface area contributed by atoms with Crippen molar-refractivity contribution in [2.45, 2.75) is 20.3 Å². The number of anilines is 1. The smallest absolute Gasteiger partial charge is 0.184 e. The third kappa shape index (κ3) is 4.08. The highest BCUT2D eigenvalue weighted by molar-refractivity contribution is 6.31. The van der Waals surface area contributed by atoms with Gasteiger partial charge in [-0.2, -0.15) is 0 Å². The Bertz CT molecular complexity index is 572. The van der Waals surface area contributed by atoms with Crippen molar-refractivity contribution in [3.8, 4) is 11.5 Å². The largest absolute Gasteiger partial charge is 0.486 e. The van der Waals surface area contributed by atoms with Crippen molar-refractivity contribution in [2.24, 2.45) is 11.1 Å². The Labute approximate surface area is 149 Å². The average molecular weight is 354 g/mol. The molecule has 0 aliphatic carbocycles. The molecule has 2 heterocycles. The van der Waals surface area contributed by atoms with Crippen LogP contribution >= 0.6 is 11.6 Å². The Hall–Kier alpha value is -1.17. The third-order valence-corrected chi connectivity index (χ3v) is 5.18. The maximum atomic E-state index is 6.26. The number of hydrogen-bond acceptors (Lipinski definition) is 5. The molecule has 1 aromatic rings. The number of halogens is 1. The second-order valence-electron chi connectivity index (χ2n) is 7.40. The van der Waals surface area contributed by atoms with Crippen molar-refractivity contribution in [3.63, 3.8) is 0 Å². The van der Waals surface area contributed by atoms with Crippen molar-refractivity contribution in [1.82, 2.24) is 4.90 Å². The fourth-order valence-electron chi connectivity index (χ4n) is 3.11. The monoisotopic (exact) mass is 353 g/mol. The van der Waals surface area contributed by atoms with E-state index in [-0.39, 0.29) is 5.41 Å². The van der Waals surface area contributed by atoms with Gasteiger partial charge in [0.2, 0.25) is 0 Å². The molecule has 0 radical (unpaired) electrons. The van der Waals surface area contributed by atoms with Gasteiger partial charge in [-0.15, -0.1) is 0 Å². The van der Waals surface area contributed by atoms with E-state index >= 15 is 0 Å². The minimum absolute atomic E-state index is 0.217. The lowest BCUT2D eigenvalue weighted by Gasteiger charge is -2.38. The lowest BCUT2D eigenvalue weighted by atomic mass is 9.89. The van der Waals surface area contributed by atoms with Crippen molar-refractivity contribution < 1.29 is 9.47 Å². The summed E-state index contributed by atoms with van der Waals surface area (Å²) in [5.41, 5.74) is 7.11. The molecule has 0 saturated carbocycles. The van der Waals surface area contributed by atoms with E-state index in [0.717, 1.165) is 62.9 Å². The molecule has 0 atom stereocenters. The maximum Gasteiger partial charge on any atom is 0.184 e. The number of nitrogens with two attached hydrogens (primary N) is 1. The number of fused-ring (bicyclic) bond motifs is 1. The lowest BCUT2D eigenvalue weighted by Crippen LogP contribution is -2.47. The molecule has 0 amide bonds. The summed E-state index contributed by atoms with van der Waals surface area (Å²) in [7, 11) is 0. The second-order valence-corrected chi connectivity index (χ2v) is 7.83. The van der Waals surface area contributed by atoms with E-state index in [2.05, 4.69) is 23.6 Å². The van der Waals surface area contributed by atoms with Crippen LogP contribution in [-0.4, -0.2) is 57.4 Å². The van der Waals surface area contributed by atoms with E-state index < -0.39 is 0 Å². The lowest BCUT2D eigenvalue weighted by molar-refractivity contribution is 0.171. The molecule has 1 fully saturated rings. The number of ether oxygens (including phenoxy) is 2. The van der Waals surface area contributed by atoms with Crippen molar-refractivity contribution in [1.29, 1.82) is 0 Å². The standard InChI is InChI=1S/C18H28ClN3O2/c1-18(2,13-20)3-4-21-5-7-22(8-6-21)15-11-14(19)12-16-17(15)24-10-9-23-16/h11-12H,3-10,13,20H2,1-2H3. The first kappa shape index (κ1) is 17.6. The quantitative estimate of drug-likeness (QED) is 0.881. The summed E-state index contributed by atoms with van der Waals surface area (Å²) in [6, 6.07) is 3.83. The highest BCUT2D eigenvalue weighted by Gasteiger charge is 2.25. The zero-order valence-electron chi connectivity index (χ0n) is 14.7. The maximum absolute atomic E-state index is 6.26.